The van der Waals surface area contributed by atoms with Crippen LogP contribution >= 0.6 is 0 Å². The van der Waals surface area contributed by atoms with Gasteiger partial charge in [-0.2, -0.15) is 5.26 Å². The third-order valence-corrected chi connectivity index (χ3v) is 3.90. The highest BCUT2D eigenvalue weighted by atomic mass is 16.5. The number of benzene rings is 1. The average Bonchev–Trinajstić information content (AvgIpc) is 2.64. The Morgan fingerprint density at radius 1 is 1.15 bits per heavy atom. The highest BCUT2D eigenvalue weighted by Gasteiger charge is 2.29. The molecule has 8 nitrogen and oxygen atoms in total. The van der Waals surface area contributed by atoms with Crippen LogP contribution in [0.1, 0.15) is 32.8 Å². The highest BCUT2D eigenvalue weighted by Crippen LogP contribution is 2.08. The molecule has 27 heavy (non-hydrogen) atoms. The van der Waals surface area contributed by atoms with E-state index in [1.54, 1.807) is 20.8 Å². The van der Waals surface area contributed by atoms with E-state index in [4.69, 9.17) is 15.7 Å². The molecule has 3 amide bonds. The van der Waals surface area contributed by atoms with Gasteiger partial charge in [0.1, 0.15) is 18.7 Å². The Bertz CT molecular complexity index is 685. The van der Waals surface area contributed by atoms with Crippen LogP contribution in [0.5, 0.6) is 0 Å². The van der Waals surface area contributed by atoms with E-state index in [-0.39, 0.29) is 18.9 Å². The zero-order chi connectivity index (χ0) is 20.4. The fourth-order valence-electron chi connectivity index (χ4n) is 2.34. The van der Waals surface area contributed by atoms with Crippen molar-refractivity contribution in [2.24, 2.45) is 17.6 Å². The Labute approximate surface area is 159 Å². The molecule has 0 saturated heterocycles. The minimum Gasteiger partial charge on any atom is -0.445 e. The Balaban J connectivity index is 2.67. The minimum atomic E-state index is -0.990. The van der Waals surface area contributed by atoms with Crippen molar-refractivity contribution >= 4 is 17.9 Å². The number of carbonyl (C=O) groups is 3. The molecule has 8 heteroatoms. The first-order valence-corrected chi connectivity index (χ1v) is 8.71. The fourth-order valence-corrected chi connectivity index (χ4v) is 2.34. The summed E-state index contributed by atoms with van der Waals surface area (Å²) in [6.45, 7) is 5.20. The molecule has 3 atom stereocenters. The van der Waals surface area contributed by atoms with Gasteiger partial charge in [-0.15, -0.1) is 0 Å². The molecular formula is C19H26N4O4. The lowest BCUT2D eigenvalue weighted by Crippen LogP contribution is -2.55. The first-order chi connectivity index (χ1) is 12.7. The number of primary amides is 1. The van der Waals surface area contributed by atoms with Gasteiger partial charge < -0.3 is 21.1 Å². The molecule has 1 aromatic carbocycles. The summed E-state index contributed by atoms with van der Waals surface area (Å²) in [6.07, 6.45) is -0.644. The number of hydrogen-bond donors (Lipinski definition) is 3. The van der Waals surface area contributed by atoms with Gasteiger partial charge in [0.25, 0.3) is 0 Å². The van der Waals surface area contributed by atoms with Crippen LogP contribution in [-0.2, 0) is 20.9 Å². The van der Waals surface area contributed by atoms with Gasteiger partial charge in [0.2, 0.25) is 11.8 Å². The number of carbonyl (C=O) groups excluding carboxylic acids is 3. The molecule has 1 aromatic rings. The van der Waals surface area contributed by atoms with Gasteiger partial charge in [-0.1, -0.05) is 44.2 Å². The molecule has 0 unspecified atom stereocenters. The van der Waals surface area contributed by atoms with Gasteiger partial charge in [-0.05, 0) is 24.8 Å². The number of ether oxygens (including phenoxy) is 1. The molecule has 0 aliphatic carbocycles. The summed E-state index contributed by atoms with van der Waals surface area (Å²) in [7, 11) is 0. The molecule has 0 aromatic heterocycles. The predicted molar refractivity (Wildman–Crippen MR) is 98.9 cm³/mol. The second-order valence-corrected chi connectivity index (χ2v) is 6.66. The number of nitrogens with zero attached hydrogens (tertiary/aromatic N) is 1. The molecule has 0 aliphatic rings. The van der Waals surface area contributed by atoms with E-state index in [1.807, 2.05) is 36.4 Å². The number of nitrogens with one attached hydrogen (secondary N) is 2. The second-order valence-electron chi connectivity index (χ2n) is 6.66. The van der Waals surface area contributed by atoms with Crippen molar-refractivity contribution in [1.29, 1.82) is 5.26 Å². The summed E-state index contributed by atoms with van der Waals surface area (Å²) < 4.78 is 5.13. The summed E-state index contributed by atoms with van der Waals surface area (Å²) in [4.78, 5) is 36.1. The van der Waals surface area contributed by atoms with E-state index in [0.717, 1.165) is 5.56 Å². The van der Waals surface area contributed by atoms with Crippen molar-refractivity contribution in [1.82, 2.24) is 10.6 Å². The van der Waals surface area contributed by atoms with Crippen molar-refractivity contribution in [2.75, 3.05) is 0 Å². The largest absolute Gasteiger partial charge is 0.445 e. The van der Waals surface area contributed by atoms with E-state index in [9.17, 15) is 14.4 Å². The predicted octanol–water partition coefficient (Wildman–Crippen LogP) is 1.46. The topological polar surface area (TPSA) is 134 Å². The van der Waals surface area contributed by atoms with E-state index < -0.39 is 35.9 Å². The quantitative estimate of drug-likeness (QED) is 0.601. The molecule has 1 rings (SSSR count). The monoisotopic (exact) mass is 374 g/mol. The molecular weight excluding hydrogens is 348 g/mol. The third-order valence-electron chi connectivity index (χ3n) is 3.90. The van der Waals surface area contributed by atoms with E-state index in [1.165, 1.54) is 0 Å². The van der Waals surface area contributed by atoms with Crippen LogP contribution in [0.4, 0.5) is 4.79 Å². The zero-order valence-corrected chi connectivity index (χ0v) is 15.8. The molecule has 146 valence electrons. The number of rotatable bonds is 9. The molecule has 0 saturated carbocycles. The van der Waals surface area contributed by atoms with Crippen molar-refractivity contribution in [3.8, 4) is 6.07 Å². The molecule has 0 heterocycles. The lowest BCUT2D eigenvalue weighted by atomic mass is 10.00. The summed E-state index contributed by atoms with van der Waals surface area (Å²) in [5, 5.41) is 13.9. The van der Waals surface area contributed by atoms with Gasteiger partial charge in [0, 0.05) is 5.92 Å². The van der Waals surface area contributed by atoms with Crippen molar-refractivity contribution in [2.45, 2.75) is 45.9 Å². The summed E-state index contributed by atoms with van der Waals surface area (Å²) in [6, 6.07) is 9.22. The summed E-state index contributed by atoms with van der Waals surface area (Å²) >= 11 is 0. The molecule has 0 bridgehead atoms. The lowest BCUT2D eigenvalue weighted by Gasteiger charge is -2.24. The third kappa shape index (κ3) is 7.77. The van der Waals surface area contributed by atoms with Crippen molar-refractivity contribution in [3.05, 3.63) is 35.9 Å². The van der Waals surface area contributed by atoms with Gasteiger partial charge >= 0.3 is 6.09 Å². The van der Waals surface area contributed by atoms with Crippen LogP contribution in [0.25, 0.3) is 0 Å². The first-order valence-electron chi connectivity index (χ1n) is 8.71. The van der Waals surface area contributed by atoms with Crippen LogP contribution in [-0.4, -0.2) is 30.0 Å². The lowest BCUT2D eigenvalue weighted by molar-refractivity contribution is -0.129. The van der Waals surface area contributed by atoms with Crippen molar-refractivity contribution < 1.29 is 19.1 Å². The van der Waals surface area contributed by atoms with E-state index >= 15 is 0 Å². The SMILES string of the molecule is CC(C)[C@@H](NC(=O)OCc1ccccc1)C(=O)N[C@H](C[C@@H](C)C#N)C(N)=O. The fraction of sp³-hybridized carbons (Fsp3) is 0.474. The van der Waals surface area contributed by atoms with Crippen LogP contribution in [0.15, 0.2) is 30.3 Å². The van der Waals surface area contributed by atoms with Crippen LogP contribution in [0.3, 0.4) is 0 Å². The normalized spacial score (nSPS) is 13.7. The number of alkyl carbamates (subject to hydrolysis) is 1. The average molecular weight is 374 g/mol. The van der Waals surface area contributed by atoms with E-state index in [0.29, 0.717) is 0 Å². The van der Waals surface area contributed by atoms with Crippen molar-refractivity contribution in [3.63, 3.8) is 0 Å². The Morgan fingerprint density at radius 2 is 1.78 bits per heavy atom. The molecule has 0 aliphatic heterocycles. The first kappa shape index (κ1) is 22.0. The Morgan fingerprint density at radius 3 is 2.30 bits per heavy atom. The highest BCUT2D eigenvalue weighted by molar-refractivity contribution is 5.90. The number of nitrogens with two attached hydrogens (primary N) is 1. The number of amides is 3. The maximum Gasteiger partial charge on any atom is 0.408 e. The minimum absolute atomic E-state index is 0.0721. The van der Waals surface area contributed by atoms with E-state index in [2.05, 4.69) is 10.6 Å². The van der Waals surface area contributed by atoms with Crippen LogP contribution in [0, 0.1) is 23.2 Å². The Hall–Kier alpha value is -3.08. The molecule has 0 radical (unpaired) electrons. The molecule has 4 N–H and O–H groups in total. The van der Waals surface area contributed by atoms with Crippen LogP contribution < -0.4 is 16.4 Å². The number of nitriles is 1. The Kier molecular flexibility index (Phi) is 8.79. The maximum atomic E-state index is 12.5. The molecule has 0 spiro atoms. The molecule has 0 fully saturated rings. The summed E-state index contributed by atoms with van der Waals surface area (Å²) in [5.41, 5.74) is 6.12. The zero-order valence-electron chi connectivity index (χ0n) is 15.8. The summed E-state index contributed by atoms with van der Waals surface area (Å²) in [5.74, 6) is -2.00. The van der Waals surface area contributed by atoms with Gasteiger partial charge in [-0.25, -0.2) is 4.79 Å². The standard InChI is InChI=1S/C19H26N4O4/c1-12(2)16(18(25)22-15(17(21)24)9-13(3)10-20)23-19(26)27-11-14-7-5-4-6-8-14/h4-8,12-13,15-16H,9,11H2,1-3H3,(H2,21,24)(H,22,25)(H,23,26)/t13-,15-,16-/m1/s1. The van der Waals surface area contributed by atoms with Gasteiger partial charge in [-0.3, -0.25) is 9.59 Å². The van der Waals surface area contributed by atoms with Gasteiger partial charge in [0.15, 0.2) is 0 Å². The maximum absolute atomic E-state index is 12.5. The smallest absolute Gasteiger partial charge is 0.408 e. The second kappa shape index (κ2) is 10.8. The van der Waals surface area contributed by atoms with Crippen LogP contribution in [0.2, 0.25) is 0 Å². The number of hydrogen-bond acceptors (Lipinski definition) is 5. The van der Waals surface area contributed by atoms with Gasteiger partial charge in [0.05, 0.1) is 6.07 Å².